The molecule has 1 aliphatic carbocycles. The van der Waals surface area contributed by atoms with Crippen molar-refractivity contribution in [3.63, 3.8) is 0 Å². The van der Waals surface area contributed by atoms with Crippen LogP contribution in [-0.2, 0) is 14.4 Å². The van der Waals surface area contributed by atoms with Gasteiger partial charge in [0, 0.05) is 42.3 Å². The second kappa shape index (κ2) is 8.51. The van der Waals surface area contributed by atoms with Gasteiger partial charge < -0.3 is 5.32 Å². The van der Waals surface area contributed by atoms with Crippen LogP contribution in [0.5, 0.6) is 0 Å². The van der Waals surface area contributed by atoms with Crippen LogP contribution in [0.1, 0.15) is 31.2 Å². The third kappa shape index (κ3) is 4.65. The van der Waals surface area contributed by atoms with Gasteiger partial charge in [0.15, 0.2) is 5.78 Å². The molecule has 1 aromatic carbocycles. The summed E-state index contributed by atoms with van der Waals surface area (Å²) < 4.78 is 3.26. The summed E-state index contributed by atoms with van der Waals surface area (Å²) >= 11 is 1.49. The van der Waals surface area contributed by atoms with Gasteiger partial charge in [-0.3, -0.25) is 24.3 Å². The number of fused-ring (bicyclic) bond motifs is 1. The summed E-state index contributed by atoms with van der Waals surface area (Å²) in [5, 5.41) is 11.3. The maximum Gasteiger partial charge on any atom is 0.243 e. The Balaban J connectivity index is 1.74. The standard InChI is InChI=1S/C19H21N3O4S/c1-11(23)21-13-4-6-15-16(10-20-27-18(15)9-13)14-5-2-12(8-17(14)24)3-7-19(25)22-26/h2,4-6,8-9,14,16,20,26H,3,7,10H2,1H3,(H,21,23)(H,22,25). The number of hydroxylamine groups is 1. The number of rotatable bonds is 5. The Morgan fingerprint density at radius 3 is 2.89 bits per heavy atom. The molecule has 27 heavy (non-hydrogen) atoms. The van der Waals surface area contributed by atoms with E-state index in [-0.39, 0.29) is 29.9 Å². The summed E-state index contributed by atoms with van der Waals surface area (Å²) in [5.74, 6) is -0.879. The lowest BCUT2D eigenvalue weighted by atomic mass is 9.79. The first-order chi connectivity index (χ1) is 13.0. The van der Waals surface area contributed by atoms with E-state index in [4.69, 9.17) is 5.21 Å². The molecule has 0 bridgehead atoms. The largest absolute Gasteiger partial charge is 0.326 e. The van der Waals surface area contributed by atoms with Crippen molar-refractivity contribution < 1.29 is 19.6 Å². The van der Waals surface area contributed by atoms with Crippen molar-refractivity contribution in [3.05, 3.63) is 47.6 Å². The lowest BCUT2D eigenvalue weighted by molar-refractivity contribution is -0.129. The smallest absolute Gasteiger partial charge is 0.243 e. The van der Waals surface area contributed by atoms with Gasteiger partial charge in [-0.15, -0.1) is 0 Å². The number of hydrogen-bond donors (Lipinski definition) is 4. The third-order valence-electron chi connectivity index (χ3n) is 4.59. The minimum atomic E-state index is -0.476. The summed E-state index contributed by atoms with van der Waals surface area (Å²) in [6, 6.07) is 5.72. The summed E-state index contributed by atoms with van der Waals surface area (Å²) in [7, 11) is 0. The van der Waals surface area contributed by atoms with E-state index >= 15 is 0 Å². The number of benzene rings is 1. The average molecular weight is 387 g/mol. The molecule has 142 valence electrons. The van der Waals surface area contributed by atoms with E-state index in [0.29, 0.717) is 13.0 Å². The molecule has 2 unspecified atom stereocenters. The maximum atomic E-state index is 12.7. The number of nitrogens with one attached hydrogen (secondary N) is 3. The minimum Gasteiger partial charge on any atom is -0.326 e. The fourth-order valence-corrected chi connectivity index (χ4v) is 4.24. The number of ketones is 1. The zero-order valence-corrected chi connectivity index (χ0v) is 15.6. The van der Waals surface area contributed by atoms with Crippen LogP contribution >= 0.6 is 11.9 Å². The monoisotopic (exact) mass is 387 g/mol. The van der Waals surface area contributed by atoms with E-state index in [1.54, 1.807) is 11.6 Å². The van der Waals surface area contributed by atoms with Gasteiger partial charge in [0.05, 0.1) is 0 Å². The highest BCUT2D eigenvalue weighted by Gasteiger charge is 2.32. The van der Waals surface area contributed by atoms with Crippen molar-refractivity contribution in [1.29, 1.82) is 0 Å². The molecule has 1 heterocycles. The number of allylic oxidation sites excluding steroid dienone is 4. The number of amides is 2. The SMILES string of the molecule is CC(=O)Nc1ccc2c(c1)SNCC2C1C=CC(CCC(=O)NO)=CC1=O. The Bertz CT molecular complexity index is 834. The van der Waals surface area contributed by atoms with Gasteiger partial charge in [0.1, 0.15) is 0 Å². The van der Waals surface area contributed by atoms with Crippen LogP contribution in [0.25, 0.3) is 0 Å². The first-order valence-corrected chi connectivity index (χ1v) is 9.46. The van der Waals surface area contributed by atoms with Crippen LogP contribution in [0.3, 0.4) is 0 Å². The highest BCUT2D eigenvalue weighted by Crippen LogP contribution is 2.39. The number of hydrogen-bond acceptors (Lipinski definition) is 6. The number of anilines is 1. The van der Waals surface area contributed by atoms with Gasteiger partial charge in [0.2, 0.25) is 11.8 Å². The van der Waals surface area contributed by atoms with Crippen LogP contribution in [0.15, 0.2) is 46.9 Å². The highest BCUT2D eigenvalue weighted by molar-refractivity contribution is 7.97. The fraction of sp³-hybridized carbons (Fsp3) is 0.316. The molecular formula is C19H21N3O4S. The molecule has 7 nitrogen and oxygen atoms in total. The van der Waals surface area contributed by atoms with Gasteiger partial charge >= 0.3 is 0 Å². The molecular weight excluding hydrogens is 366 g/mol. The Morgan fingerprint density at radius 2 is 2.19 bits per heavy atom. The molecule has 2 atom stereocenters. The molecule has 0 spiro atoms. The van der Waals surface area contributed by atoms with Crippen LogP contribution in [-0.4, -0.2) is 29.3 Å². The normalized spacial score (nSPS) is 21.3. The molecule has 2 amide bonds. The van der Waals surface area contributed by atoms with Crippen molar-refractivity contribution in [3.8, 4) is 0 Å². The summed E-state index contributed by atoms with van der Waals surface area (Å²) in [6.07, 6.45) is 5.88. The second-order valence-corrected chi connectivity index (χ2v) is 7.46. The van der Waals surface area contributed by atoms with E-state index in [0.717, 1.165) is 21.7 Å². The van der Waals surface area contributed by atoms with E-state index in [1.165, 1.54) is 18.9 Å². The Morgan fingerprint density at radius 1 is 1.37 bits per heavy atom. The Labute approximate surface area is 161 Å². The topological polar surface area (TPSA) is 108 Å². The van der Waals surface area contributed by atoms with Gasteiger partial charge in [-0.2, -0.15) is 0 Å². The third-order valence-corrected chi connectivity index (χ3v) is 5.48. The molecule has 4 N–H and O–H groups in total. The lowest BCUT2D eigenvalue weighted by Gasteiger charge is -2.31. The van der Waals surface area contributed by atoms with Gasteiger partial charge in [-0.1, -0.05) is 18.2 Å². The van der Waals surface area contributed by atoms with Crippen molar-refractivity contribution in [2.75, 3.05) is 11.9 Å². The minimum absolute atomic E-state index is 0.00471. The highest BCUT2D eigenvalue weighted by atomic mass is 32.2. The van der Waals surface area contributed by atoms with Crippen LogP contribution in [0.4, 0.5) is 5.69 Å². The molecule has 8 heteroatoms. The molecule has 2 aliphatic rings. The van der Waals surface area contributed by atoms with Crippen molar-refractivity contribution in [1.82, 2.24) is 10.2 Å². The van der Waals surface area contributed by atoms with E-state index in [9.17, 15) is 14.4 Å². The molecule has 0 radical (unpaired) electrons. The van der Waals surface area contributed by atoms with Crippen molar-refractivity contribution in [2.45, 2.75) is 30.6 Å². The Hall–Kier alpha value is -2.42. The average Bonchev–Trinajstić information content (AvgIpc) is 2.65. The van der Waals surface area contributed by atoms with E-state index in [2.05, 4.69) is 10.0 Å². The van der Waals surface area contributed by atoms with Gasteiger partial charge in [-0.05, 0) is 47.7 Å². The van der Waals surface area contributed by atoms with Crippen LogP contribution < -0.4 is 15.5 Å². The van der Waals surface area contributed by atoms with E-state index < -0.39 is 5.91 Å². The zero-order valence-electron chi connectivity index (χ0n) is 14.8. The predicted octanol–water partition coefficient (Wildman–Crippen LogP) is 2.31. The number of carbonyl (C=O) groups excluding carboxylic acids is 3. The summed E-state index contributed by atoms with van der Waals surface area (Å²) in [4.78, 5) is 36.1. The van der Waals surface area contributed by atoms with Gasteiger partial charge in [-0.25, -0.2) is 5.48 Å². The molecule has 1 aliphatic heterocycles. The predicted molar refractivity (Wildman–Crippen MR) is 102 cm³/mol. The van der Waals surface area contributed by atoms with Crippen molar-refractivity contribution >= 4 is 35.2 Å². The second-order valence-electron chi connectivity index (χ2n) is 6.53. The quantitative estimate of drug-likeness (QED) is 0.351. The zero-order chi connectivity index (χ0) is 19.4. The van der Waals surface area contributed by atoms with Crippen LogP contribution in [0.2, 0.25) is 0 Å². The molecule has 0 fully saturated rings. The van der Waals surface area contributed by atoms with Gasteiger partial charge in [0.25, 0.3) is 0 Å². The van der Waals surface area contributed by atoms with E-state index in [1.807, 2.05) is 30.4 Å². The first kappa shape index (κ1) is 19.3. The summed E-state index contributed by atoms with van der Waals surface area (Å²) in [6.45, 7) is 2.13. The molecule has 1 aromatic rings. The molecule has 0 saturated carbocycles. The van der Waals surface area contributed by atoms with Crippen molar-refractivity contribution in [2.24, 2.45) is 5.92 Å². The fourth-order valence-electron chi connectivity index (χ4n) is 3.30. The van der Waals surface area contributed by atoms with Crippen LogP contribution in [0, 0.1) is 5.92 Å². The molecule has 3 rings (SSSR count). The first-order valence-electron chi connectivity index (χ1n) is 8.64. The lowest BCUT2D eigenvalue weighted by Crippen LogP contribution is -2.31. The molecule has 0 aromatic heterocycles. The Kier molecular flexibility index (Phi) is 6.10. The number of carbonyl (C=O) groups is 3. The maximum absolute atomic E-state index is 12.7. The molecule has 0 saturated heterocycles. The summed E-state index contributed by atoms with van der Waals surface area (Å²) in [5.41, 5.74) is 4.17.